The lowest BCUT2D eigenvalue weighted by Gasteiger charge is -2.35. The van der Waals surface area contributed by atoms with Crippen LogP contribution in [0.4, 0.5) is 10.5 Å². The maximum atomic E-state index is 12.9. The highest BCUT2D eigenvalue weighted by atomic mass is 16.4. The van der Waals surface area contributed by atoms with Crippen molar-refractivity contribution in [3.63, 3.8) is 0 Å². The average molecular weight is 732 g/mol. The van der Waals surface area contributed by atoms with E-state index < -0.39 is 18.0 Å². The van der Waals surface area contributed by atoms with Crippen molar-refractivity contribution < 1.29 is 24.5 Å². The molecule has 0 aliphatic heterocycles. The van der Waals surface area contributed by atoms with Crippen LogP contribution >= 0.6 is 0 Å². The maximum absolute atomic E-state index is 12.9. The number of carboxylic acid groups (broad SMARTS) is 1. The standard InChI is InChI=1S/C42H45N5O7/c43-29-11-13-30(14-12-29)47(41(51)52)34-17-9-26(22-33(34)28-7-2-1-3-8-28)6-4-5-21-46-35-18-10-27(23-38(35)54-42(46)53)24-44-25-37(49)31-15-19-36(48)40-32(31)16-20-39(50)45-40/h1-3,7-10,15-20,22-23,29-30,37,44,48-49H,4-6,11-14,21,24-25,43H2,(H,45,50)(H,51,52). The zero-order valence-corrected chi connectivity index (χ0v) is 29.9. The summed E-state index contributed by atoms with van der Waals surface area (Å²) in [5.74, 6) is -0.487. The van der Waals surface area contributed by atoms with E-state index in [4.69, 9.17) is 10.2 Å². The number of aliphatic hydroxyl groups excluding tert-OH is 1. The van der Waals surface area contributed by atoms with Crippen molar-refractivity contribution in [1.82, 2.24) is 14.9 Å². The van der Waals surface area contributed by atoms with Gasteiger partial charge in [0, 0.05) is 48.7 Å². The Morgan fingerprint density at radius 2 is 1.72 bits per heavy atom. The van der Waals surface area contributed by atoms with Crippen LogP contribution in [0.1, 0.15) is 61.3 Å². The number of phenols is 1. The third-order valence-corrected chi connectivity index (χ3v) is 10.5. The molecule has 1 saturated carbocycles. The number of hydrogen-bond donors (Lipinski definition) is 6. The molecule has 54 heavy (non-hydrogen) atoms. The summed E-state index contributed by atoms with van der Waals surface area (Å²) in [4.78, 5) is 41.4. The van der Waals surface area contributed by atoms with Gasteiger partial charge >= 0.3 is 11.8 Å². The molecule has 0 radical (unpaired) electrons. The number of unbranched alkanes of at least 4 members (excludes halogenated alkanes) is 1. The number of nitrogens with zero attached hydrogens (tertiary/aromatic N) is 2. The van der Waals surface area contributed by atoms with Gasteiger partial charge in [0.2, 0.25) is 5.56 Å². The van der Waals surface area contributed by atoms with E-state index in [1.807, 2.05) is 60.7 Å². The molecule has 1 fully saturated rings. The summed E-state index contributed by atoms with van der Waals surface area (Å²) >= 11 is 0. The summed E-state index contributed by atoms with van der Waals surface area (Å²) in [7, 11) is 0. The van der Waals surface area contributed by atoms with Gasteiger partial charge in [0.15, 0.2) is 5.58 Å². The quantitative estimate of drug-likeness (QED) is 0.0730. The largest absolute Gasteiger partial charge is 0.506 e. The van der Waals surface area contributed by atoms with Gasteiger partial charge in [-0.1, -0.05) is 48.5 Å². The van der Waals surface area contributed by atoms with E-state index in [9.17, 15) is 29.7 Å². The van der Waals surface area contributed by atoms with Crippen molar-refractivity contribution in [1.29, 1.82) is 0 Å². The van der Waals surface area contributed by atoms with Crippen LogP contribution in [0.15, 0.2) is 105 Å². The van der Waals surface area contributed by atoms with Crippen molar-refractivity contribution in [3.8, 4) is 16.9 Å². The average Bonchev–Trinajstić information content (AvgIpc) is 3.48. The zero-order chi connectivity index (χ0) is 37.8. The Morgan fingerprint density at radius 3 is 2.50 bits per heavy atom. The van der Waals surface area contributed by atoms with Gasteiger partial charge in [-0.15, -0.1) is 0 Å². The van der Waals surface area contributed by atoms with Crippen molar-refractivity contribution >= 4 is 33.8 Å². The van der Waals surface area contributed by atoms with Crippen LogP contribution in [0.3, 0.4) is 0 Å². The molecule has 12 nitrogen and oxygen atoms in total. The fourth-order valence-corrected chi connectivity index (χ4v) is 7.66. The first-order valence-corrected chi connectivity index (χ1v) is 18.5. The highest BCUT2D eigenvalue weighted by Gasteiger charge is 2.30. The Balaban J connectivity index is 0.980. The van der Waals surface area contributed by atoms with E-state index in [0.29, 0.717) is 40.8 Å². The number of anilines is 1. The van der Waals surface area contributed by atoms with Gasteiger partial charge in [-0.3, -0.25) is 14.3 Å². The summed E-state index contributed by atoms with van der Waals surface area (Å²) in [6.07, 6.45) is 3.53. The molecule has 6 aromatic rings. The molecule has 1 aliphatic carbocycles. The first-order chi connectivity index (χ1) is 26.2. The maximum Gasteiger partial charge on any atom is 0.419 e. The molecule has 0 bridgehead atoms. The third kappa shape index (κ3) is 7.96. The molecule has 4 aromatic carbocycles. The van der Waals surface area contributed by atoms with E-state index in [1.54, 1.807) is 16.7 Å². The molecule has 2 aromatic heterocycles. The molecular weight excluding hydrogens is 686 g/mol. The summed E-state index contributed by atoms with van der Waals surface area (Å²) in [6, 6.07) is 27.5. The molecule has 0 saturated heterocycles. The number of fused-ring (bicyclic) bond motifs is 2. The lowest BCUT2D eigenvalue weighted by atomic mass is 9.89. The first kappa shape index (κ1) is 36.7. The topological polar surface area (TPSA) is 187 Å². The van der Waals surface area contributed by atoms with Gasteiger partial charge in [0.05, 0.1) is 22.8 Å². The minimum atomic E-state index is -0.958. The second kappa shape index (κ2) is 16.1. The Labute approximate surface area is 311 Å². The van der Waals surface area contributed by atoms with Crippen LogP contribution < -0.4 is 27.3 Å². The number of benzene rings is 4. The van der Waals surface area contributed by atoms with E-state index in [1.165, 1.54) is 17.0 Å². The van der Waals surface area contributed by atoms with Crippen molar-refractivity contribution in [2.45, 2.75) is 76.2 Å². The molecule has 1 aliphatic rings. The number of aromatic nitrogens is 2. The van der Waals surface area contributed by atoms with E-state index in [2.05, 4.69) is 16.4 Å². The number of aromatic amines is 1. The van der Waals surface area contributed by atoms with Crippen LogP contribution in [0.5, 0.6) is 5.75 Å². The number of aryl methyl sites for hydroxylation is 2. The molecule has 7 N–H and O–H groups in total. The van der Waals surface area contributed by atoms with Gasteiger partial charge < -0.3 is 35.8 Å². The summed E-state index contributed by atoms with van der Waals surface area (Å²) in [5, 5.41) is 35.2. The second-order valence-corrected chi connectivity index (χ2v) is 14.1. The lowest BCUT2D eigenvalue weighted by Crippen LogP contribution is -2.44. The molecule has 12 heteroatoms. The number of pyridine rings is 1. The summed E-state index contributed by atoms with van der Waals surface area (Å²) < 4.78 is 7.26. The molecular formula is C42H45N5O7. The van der Waals surface area contributed by atoms with Gasteiger partial charge in [-0.05, 0) is 104 Å². The van der Waals surface area contributed by atoms with Gasteiger partial charge in [0.1, 0.15) is 5.75 Å². The predicted molar refractivity (Wildman–Crippen MR) is 209 cm³/mol. The van der Waals surface area contributed by atoms with Gasteiger partial charge in [0.25, 0.3) is 0 Å². The summed E-state index contributed by atoms with van der Waals surface area (Å²) in [5.41, 5.74) is 12.3. The normalized spacial score (nSPS) is 16.5. The predicted octanol–water partition coefficient (Wildman–Crippen LogP) is 6.41. The van der Waals surface area contributed by atoms with Crippen molar-refractivity contribution in [3.05, 3.63) is 129 Å². The third-order valence-electron chi connectivity index (χ3n) is 10.5. The van der Waals surface area contributed by atoms with E-state index in [0.717, 1.165) is 67.2 Å². The lowest BCUT2D eigenvalue weighted by molar-refractivity contribution is 0.176. The second-order valence-electron chi connectivity index (χ2n) is 14.1. The SMILES string of the molecule is NC1CCC(N(C(=O)O)c2ccc(CCCCn3c(=O)oc4cc(CNCC(O)c5ccc(O)c6[nH]c(=O)ccc56)ccc43)cc2-c2ccccc2)CC1. The number of nitrogens with two attached hydrogens (primary N) is 1. The summed E-state index contributed by atoms with van der Waals surface area (Å²) in [6.45, 7) is 1.12. The van der Waals surface area contributed by atoms with Crippen LogP contribution in [-0.2, 0) is 19.5 Å². The number of amides is 1. The Morgan fingerprint density at radius 1 is 0.944 bits per heavy atom. The Kier molecular flexibility index (Phi) is 11.0. The smallest absolute Gasteiger partial charge is 0.419 e. The highest BCUT2D eigenvalue weighted by molar-refractivity contribution is 5.93. The number of hydrogen-bond acceptors (Lipinski definition) is 8. The van der Waals surface area contributed by atoms with Crippen LogP contribution in [0.2, 0.25) is 0 Å². The van der Waals surface area contributed by atoms with Crippen LogP contribution in [-0.4, -0.2) is 49.6 Å². The Bertz CT molecular complexity index is 2380. The van der Waals surface area contributed by atoms with Crippen molar-refractivity contribution in [2.75, 3.05) is 11.4 Å². The number of carbonyl (C=O) groups is 1. The number of aliphatic hydroxyl groups is 1. The number of phenolic OH excluding ortho intramolecular Hbond substituents is 1. The van der Waals surface area contributed by atoms with E-state index >= 15 is 0 Å². The van der Waals surface area contributed by atoms with Gasteiger partial charge in [-0.2, -0.15) is 0 Å². The van der Waals surface area contributed by atoms with Crippen LogP contribution in [0, 0.1) is 0 Å². The molecule has 0 spiro atoms. The first-order valence-electron chi connectivity index (χ1n) is 18.5. The minimum Gasteiger partial charge on any atom is -0.506 e. The van der Waals surface area contributed by atoms with Crippen LogP contribution in [0.25, 0.3) is 33.1 Å². The zero-order valence-electron chi connectivity index (χ0n) is 29.9. The fraction of sp³-hybridized carbons (Fsp3) is 0.310. The molecule has 1 unspecified atom stereocenters. The number of nitrogens with one attached hydrogen (secondary N) is 2. The molecule has 7 rings (SSSR count). The number of oxazole rings is 1. The number of rotatable bonds is 13. The molecule has 280 valence electrons. The Hall–Kier alpha value is -5.69. The minimum absolute atomic E-state index is 0.0668. The van der Waals surface area contributed by atoms with Crippen molar-refractivity contribution in [2.24, 2.45) is 5.73 Å². The number of H-pyrrole nitrogens is 1. The highest BCUT2D eigenvalue weighted by Crippen LogP contribution is 2.36. The molecule has 1 amide bonds. The van der Waals surface area contributed by atoms with E-state index in [-0.39, 0.29) is 35.5 Å². The fourth-order valence-electron chi connectivity index (χ4n) is 7.66. The van der Waals surface area contributed by atoms with Gasteiger partial charge in [-0.25, -0.2) is 9.59 Å². The molecule has 1 atom stereocenters. The molecule has 2 heterocycles. The monoisotopic (exact) mass is 731 g/mol. The number of aromatic hydroxyl groups is 1.